The molecule has 1 saturated heterocycles. The number of aliphatic hydroxyl groups is 1. The van der Waals surface area contributed by atoms with E-state index in [-0.39, 0.29) is 6.10 Å². The molecule has 2 fully saturated rings. The lowest BCUT2D eigenvalue weighted by Crippen LogP contribution is -2.28. The lowest BCUT2D eigenvalue weighted by molar-refractivity contribution is 0.00746. The molecule has 1 aliphatic heterocycles. The van der Waals surface area contributed by atoms with Crippen LogP contribution in [0.5, 0.6) is 5.75 Å². The van der Waals surface area contributed by atoms with Gasteiger partial charge in [0.15, 0.2) is 0 Å². The summed E-state index contributed by atoms with van der Waals surface area (Å²) in [5.74, 6) is 0.712. The fourth-order valence-electron chi connectivity index (χ4n) is 2.43. The molecule has 1 unspecified atom stereocenters. The Morgan fingerprint density at radius 3 is 2.89 bits per heavy atom. The van der Waals surface area contributed by atoms with E-state index < -0.39 is 5.60 Å². The van der Waals surface area contributed by atoms with E-state index in [1.807, 2.05) is 18.2 Å². The Morgan fingerprint density at radius 2 is 2.26 bits per heavy atom. The van der Waals surface area contributed by atoms with Crippen LogP contribution in [0.1, 0.15) is 31.2 Å². The molecule has 3 nitrogen and oxygen atoms in total. The van der Waals surface area contributed by atoms with Gasteiger partial charge < -0.3 is 14.6 Å². The van der Waals surface area contributed by atoms with Gasteiger partial charge in [0.1, 0.15) is 11.9 Å². The first-order chi connectivity index (χ1) is 9.15. The van der Waals surface area contributed by atoms with E-state index in [1.165, 1.54) is 0 Å². The molecule has 1 N–H and O–H groups in total. The Labute approximate surface area is 118 Å². The Kier molecular flexibility index (Phi) is 3.70. The van der Waals surface area contributed by atoms with Crippen molar-refractivity contribution in [3.8, 4) is 5.75 Å². The highest BCUT2D eigenvalue weighted by atomic mass is 35.5. The van der Waals surface area contributed by atoms with E-state index in [0.29, 0.717) is 23.8 Å². The molecule has 1 saturated carbocycles. The van der Waals surface area contributed by atoms with Crippen molar-refractivity contribution in [1.29, 1.82) is 0 Å². The third-order valence-electron chi connectivity index (χ3n) is 3.77. The molecule has 1 atom stereocenters. The summed E-state index contributed by atoms with van der Waals surface area (Å²) in [4.78, 5) is 0. The smallest absolute Gasteiger partial charge is 0.138 e. The molecule has 19 heavy (non-hydrogen) atoms. The first-order valence-electron chi connectivity index (χ1n) is 6.90. The van der Waals surface area contributed by atoms with E-state index >= 15 is 0 Å². The third-order valence-corrected chi connectivity index (χ3v) is 4.06. The molecule has 0 radical (unpaired) electrons. The topological polar surface area (TPSA) is 38.7 Å². The minimum Gasteiger partial charge on any atom is -0.486 e. The first kappa shape index (κ1) is 13.2. The lowest BCUT2D eigenvalue weighted by atomic mass is 10.1. The summed E-state index contributed by atoms with van der Waals surface area (Å²) in [7, 11) is 0. The van der Waals surface area contributed by atoms with Gasteiger partial charge in [0, 0.05) is 13.0 Å². The van der Waals surface area contributed by atoms with Crippen LogP contribution in [0.3, 0.4) is 0 Å². The Hall–Kier alpha value is -0.770. The summed E-state index contributed by atoms with van der Waals surface area (Å²) in [5.41, 5.74) is 0.584. The lowest BCUT2D eigenvalue weighted by Gasteiger charge is -2.24. The van der Waals surface area contributed by atoms with Crippen LogP contribution in [0.25, 0.3) is 0 Å². The van der Waals surface area contributed by atoms with E-state index in [0.717, 1.165) is 37.9 Å². The highest BCUT2D eigenvalue weighted by Crippen LogP contribution is 2.39. The van der Waals surface area contributed by atoms with Gasteiger partial charge in [-0.25, -0.2) is 0 Å². The number of hydrogen-bond acceptors (Lipinski definition) is 3. The van der Waals surface area contributed by atoms with Crippen LogP contribution < -0.4 is 4.74 Å². The van der Waals surface area contributed by atoms with Gasteiger partial charge in [-0.15, -0.1) is 0 Å². The van der Waals surface area contributed by atoms with Crippen molar-refractivity contribution in [3.05, 3.63) is 28.8 Å². The van der Waals surface area contributed by atoms with Crippen molar-refractivity contribution >= 4 is 11.6 Å². The fourth-order valence-corrected chi connectivity index (χ4v) is 2.68. The standard InChI is InChI=1S/C15H19ClO3/c16-13-8-11(9-15(17)5-6-15)3-4-14(13)19-12-2-1-7-18-10-12/h3-4,8,12,17H,1-2,5-7,9-10H2. The van der Waals surface area contributed by atoms with Crippen molar-refractivity contribution in [2.75, 3.05) is 13.2 Å². The summed E-state index contributed by atoms with van der Waals surface area (Å²) in [5, 5.41) is 10.5. The van der Waals surface area contributed by atoms with Crippen molar-refractivity contribution in [2.24, 2.45) is 0 Å². The highest BCUT2D eigenvalue weighted by Gasteiger charge is 2.40. The molecule has 0 aromatic heterocycles. The minimum atomic E-state index is -0.483. The van der Waals surface area contributed by atoms with Crippen LogP contribution in [0.15, 0.2) is 18.2 Å². The van der Waals surface area contributed by atoms with Crippen molar-refractivity contribution in [3.63, 3.8) is 0 Å². The quantitative estimate of drug-likeness (QED) is 0.923. The van der Waals surface area contributed by atoms with Gasteiger partial charge in [0.25, 0.3) is 0 Å². The van der Waals surface area contributed by atoms with Gasteiger partial charge in [0.2, 0.25) is 0 Å². The predicted octanol–water partition coefficient (Wildman–Crippen LogP) is 2.97. The number of halogens is 1. The highest BCUT2D eigenvalue weighted by molar-refractivity contribution is 6.32. The molecule has 0 spiro atoms. The van der Waals surface area contributed by atoms with Gasteiger partial charge in [-0.1, -0.05) is 17.7 Å². The Bertz CT molecular complexity index is 451. The molecule has 0 bridgehead atoms. The first-order valence-corrected chi connectivity index (χ1v) is 7.28. The zero-order valence-electron chi connectivity index (χ0n) is 10.9. The third kappa shape index (κ3) is 3.41. The van der Waals surface area contributed by atoms with Crippen molar-refractivity contribution in [2.45, 2.75) is 43.8 Å². The number of hydrogen-bond donors (Lipinski definition) is 1. The number of benzene rings is 1. The summed E-state index contributed by atoms with van der Waals surface area (Å²) in [6.45, 7) is 1.46. The molecule has 1 heterocycles. The molecular formula is C15H19ClO3. The molecule has 4 heteroatoms. The summed E-state index contributed by atoms with van der Waals surface area (Å²) >= 11 is 6.25. The number of rotatable bonds is 4. The molecular weight excluding hydrogens is 264 g/mol. The van der Waals surface area contributed by atoms with Crippen LogP contribution in [0, 0.1) is 0 Å². The molecule has 2 aliphatic rings. The molecule has 1 aromatic rings. The van der Waals surface area contributed by atoms with Gasteiger partial charge in [-0.05, 0) is 43.4 Å². The van der Waals surface area contributed by atoms with Crippen molar-refractivity contribution < 1.29 is 14.6 Å². The van der Waals surface area contributed by atoms with Crippen LogP contribution in [-0.2, 0) is 11.2 Å². The van der Waals surface area contributed by atoms with Gasteiger partial charge in [0.05, 0.1) is 17.2 Å². The van der Waals surface area contributed by atoms with Crippen LogP contribution in [-0.4, -0.2) is 30.0 Å². The second kappa shape index (κ2) is 5.31. The number of ether oxygens (including phenoxy) is 2. The van der Waals surface area contributed by atoms with Gasteiger partial charge >= 0.3 is 0 Å². The van der Waals surface area contributed by atoms with E-state index in [1.54, 1.807) is 0 Å². The Morgan fingerprint density at radius 1 is 1.42 bits per heavy atom. The zero-order valence-corrected chi connectivity index (χ0v) is 11.7. The second-order valence-corrected chi connectivity index (χ2v) is 6.03. The normalized spacial score (nSPS) is 25.1. The summed E-state index contributed by atoms with van der Waals surface area (Å²) < 4.78 is 11.3. The van der Waals surface area contributed by atoms with Crippen LogP contribution in [0.4, 0.5) is 0 Å². The van der Waals surface area contributed by atoms with E-state index in [2.05, 4.69) is 0 Å². The monoisotopic (exact) mass is 282 g/mol. The summed E-state index contributed by atoms with van der Waals surface area (Å²) in [6.07, 6.45) is 4.61. The maximum atomic E-state index is 9.91. The Balaban J connectivity index is 1.65. The zero-order chi connectivity index (χ0) is 13.3. The molecule has 104 valence electrons. The van der Waals surface area contributed by atoms with Crippen LogP contribution in [0.2, 0.25) is 5.02 Å². The molecule has 1 aliphatic carbocycles. The molecule has 1 aromatic carbocycles. The van der Waals surface area contributed by atoms with Gasteiger partial charge in [-0.3, -0.25) is 0 Å². The van der Waals surface area contributed by atoms with Gasteiger partial charge in [-0.2, -0.15) is 0 Å². The van der Waals surface area contributed by atoms with Crippen molar-refractivity contribution in [1.82, 2.24) is 0 Å². The summed E-state index contributed by atoms with van der Waals surface area (Å²) in [6, 6.07) is 5.79. The van der Waals surface area contributed by atoms with E-state index in [4.69, 9.17) is 21.1 Å². The largest absolute Gasteiger partial charge is 0.486 e. The SMILES string of the molecule is OC1(Cc2ccc(OC3CCCOC3)c(Cl)c2)CC1. The predicted molar refractivity (Wildman–Crippen MR) is 73.8 cm³/mol. The second-order valence-electron chi connectivity index (χ2n) is 5.62. The average molecular weight is 283 g/mol. The molecule has 3 rings (SSSR count). The van der Waals surface area contributed by atoms with Crippen LogP contribution >= 0.6 is 11.6 Å². The van der Waals surface area contributed by atoms with E-state index in [9.17, 15) is 5.11 Å². The average Bonchev–Trinajstić information content (AvgIpc) is 3.12. The maximum absolute atomic E-state index is 9.91. The fraction of sp³-hybridized carbons (Fsp3) is 0.600. The molecule has 0 amide bonds. The minimum absolute atomic E-state index is 0.102. The maximum Gasteiger partial charge on any atom is 0.138 e.